The van der Waals surface area contributed by atoms with Gasteiger partial charge in [-0.15, -0.1) is 16.4 Å². The van der Waals surface area contributed by atoms with Crippen LogP contribution in [0.3, 0.4) is 0 Å². The van der Waals surface area contributed by atoms with Crippen molar-refractivity contribution in [1.82, 2.24) is 29.9 Å². The number of nitrogens with zero attached hydrogens (tertiary/aromatic N) is 5. The van der Waals surface area contributed by atoms with Gasteiger partial charge in [-0.05, 0) is 29.1 Å². The third kappa shape index (κ3) is 5.47. The van der Waals surface area contributed by atoms with E-state index in [0.29, 0.717) is 18.9 Å². The molecular formula is C26H26N6O2S. The van der Waals surface area contributed by atoms with Gasteiger partial charge in [0.15, 0.2) is 5.82 Å². The number of piperazine rings is 1. The molecule has 9 heteroatoms. The number of hydrogen-bond donors (Lipinski definition) is 1. The van der Waals surface area contributed by atoms with E-state index in [1.54, 1.807) is 9.58 Å². The summed E-state index contributed by atoms with van der Waals surface area (Å²) in [5, 5.41) is 9.11. The summed E-state index contributed by atoms with van der Waals surface area (Å²) in [5.41, 5.74) is 2.08. The van der Waals surface area contributed by atoms with Crippen molar-refractivity contribution in [3.63, 3.8) is 0 Å². The molecule has 35 heavy (non-hydrogen) atoms. The summed E-state index contributed by atoms with van der Waals surface area (Å²) in [6, 6.07) is 23.8. The van der Waals surface area contributed by atoms with Crippen molar-refractivity contribution in [3.8, 4) is 16.4 Å². The maximum absolute atomic E-state index is 12.8. The second-order valence-corrected chi connectivity index (χ2v) is 9.26. The van der Waals surface area contributed by atoms with Crippen molar-refractivity contribution >= 4 is 23.2 Å². The first-order chi connectivity index (χ1) is 17.2. The van der Waals surface area contributed by atoms with Crippen LogP contribution in [0.1, 0.15) is 16.2 Å². The van der Waals surface area contributed by atoms with Gasteiger partial charge in [0.2, 0.25) is 11.7 Å². The van der Waals surface area contributed by atoms with Crippen LogP contribution < -0.4 is 5.32 Å². The minimum absolute atomic E-state index is 0.0396. The molecule has 5 rings (SSSR count). The molecule has 4 aromatic rings. The Balaban J connectivity index is 1.19. The van der Waals surface area contributed by atoms with E-state index < -0.39 is 5.91 Å². The normalized spacial score (nSPS) is 14.1. The second-order valence-electron chi connectivity index (χ2n) is 8.31. The third-order valence-electron chi connectivity index (χ3n) is 5.93. The molecule has 0 unspecified atom stereocenters. The fourth-order valence-electron chi connectivity index (χ4n) is 4.07. The number of aromatic nitrogens is 3. The number of para-hydroxylation sites is 1. The van der Waals surface area contributed by atoms with E-state index >= 15 is 0 Å². The lowest BCUT2D eigenvalue weighted by Crippen LogP contribution is -2.50. The summed E-state index contributed by atoms with van der Waals surface area (Å²) in [7, 11) is 0. The Morgan fingerprint density at radius 1 is 0.886 bits per heavy atom. The first-order valence-corrected chi connectivity index (χ1v) is 12.4. The van der Waals surface area contributed by atoms with E-state index in [2.05, 4.69) is 32.4 Å². The van der Waals surface area contributed by atoms with Crippen LogP contribution in [-0.2, 0) is 11.3 Å². The molecule has 0 aliphatic carbocycles. The molecule has 0 saturated carbocycles. The smallest absolute Gasteiger partial charge is 0.291 e. The van der Waals surface area contributed by atoms with Gasteiger partial charge < -0.3 is 10.2 Å². The van der Waals surface area contributed by atoms with Crippen LogP contribution in [0.4, 0.5) is 0 Å². The van der Waals surface area contributed by atoms with Gasteiger partial charge >= 0.3 is 0 Å². The SMILES string of the molecule is O=C(NCC(=O)N1CCN(Cc2ccccc2)CC1)c1nc(-c2cccs2)n(-c2ccccc2)n1. The van der Waals surface area contributed by atoms with Crippen molar-refractivity contribution in [2.24, 2.45) is 0 Å². The molecule has 0 spiro atoms. The largest absolute Gasteiger partial charge is 0.340 e. The molecule has 1 fully saturated rings. The number of nitrogens with one attached hydrogen (secondary N) is 1. The number of amides is 2. The molecule has 2 amide bonds. The molecule has 1 aliphatic heterocycles. The van der Waals surface area contributed by atoms with Crippen LogP contribution in [-0.4, -0.2) is 69.1 Å². The van der Waals surface area contributed by atoms with Crippen LogP contribution in [0.5, 0.6) is 0 Å². The van der Waals surface area contributed by atoms with Crippen LogP contribution >= 0.6 is 11.3 Å². The highest BCUT2D eigenvalue weighted by molar-refractivity contribution is 7.13. The fraction of sp³-hybridized carbons (Fsp3) is 0.231. The van der Waals surface area contributed by atoms with Gasteiger partial charge in [0.25, 0.3) is 5.91 Å². The lowest BCUT2D eigenvalue weighted by Gasteiger charge is -2.34. The van der Waals surface area contributed by atoms with Crippen molar-refractivity contribution < 1.29 is 9.59 Å². The average molecular weight is 487 g/mol. The standard InChI is InChI=1S/C26H26N6O2S/c33-23(31-15-13-30(14-16-31)19-20-8-3-1-4-9-20)18-27-26(34)24-28-25(22-12-7-17-35-22)32(29-24)21-10-5-2-6-11-21/h1-12,17H,13-16,18-19H2,(H,27,34). The minimum Gasteiger partial charge on any atom is -0.340 e. The zero-order chi connectivity index (χ0) is 24.0. The maximum atomic E-state index is 12.8. The van der Waals surface area contributed by atoms with Crippen molar-refractivity contribution in [2.75, 3.05) is 32.7 Å². The van der Waals surface area contributed by atoms with Crippen LogP contribution in [0, 0.1) is 0 Å². The Hall–Kier alpha value is -3.82. The first kappa shape index (κ1) is 22.9. The molecule has 0 radical (unpaired) electrons. The summed E-state index contributed by atoms with van der Waals surface area (Å²) in [4.78, 5) is 35.1. The number of hydrogen-bond acceptors (Lipinski definition) is 6. The predicted molar refractivity (Wildman–Crippen MR) is 135 cm³/mol. The Morgan fingerprint density at radius 3 is 2.29 bits per heavy atom. The molecule has 1 saturated heterocycles. The van der Waals surface area contributed by atoms with Gasteiger partial charge in [-0.1, -0.05) is 54.6 Å². The number of thiophene rings is 1. The number of carbonyl (C=O) groups excluding carboxylic acids is 2. The number of benzene rings is 2. The maximum Gasteiger partial charge on any atom is 0.291 e. The summed E-state index contributed by atoms with van der Waals surface area (Å²) in [5.74, 6) is 0.0715. The fourth-order valence-corrected chi connectivity index (χ4v) is 4.76. The molecule has 2 aromatic heterocycles. The van der Waals surface area contributed by atoms with E-state index in [1.165, 1.54) is 16.9 Å². The predicted octanol–water partition coefficient (Wildman–Crippen LogP) is 3.07. The van der Waals surface area contributed by atoms with Crippen LogP contribution in [0.25, 0.3) is 16.4 Å². The minimum atomic E-state index is -0.464. The van der Waals surface area contributed by atoms with E-state index in [4.69, 9.17) is 0 Å². The molecule has 8 nitrogen and oxygen atoms in total. The van der Waals surface area contributed by atoms with E-state index in [0.717, 1.165) is 30.2 Å². The molecule has 2 aromatic carbocycles. The number of rotatable bonds is 7. The van der Waals surface area contributed by atoms with Crippen LogP contribution in [0.2, 0.25) is 0 Å². The van der Waals surface area contributed by atoms with Gasteiger partial charge in [-0.3, -0.25) is 14.5 Å². The van der Waals surface area contributed by atoms with Gasteiger partial charge in [-0.2, -0.15) is 0 Å². The molecule has 178 valence electrons. The van der Waals surface area contributed by atoms with Gasteiger partial charge in [0.1, 0.15) is 0 Å². The van der Waals surface area contributed by atoms with Crippen molar-refractivity contribution in [2.45, 2.75) is 6.54 Å². The molecular weight excluding hydrogens is 460 g/mol. The second kappa shape index (κ2) is 10.6. The van der Waals surface area contributed by atoms with Crippen LogP contribution in [0.15, 0.2) is 78.2 Å². The van der Waals surface area contributed by atoms with E-state index in [-0.39, 0.29) is 18.3 Å². The Labute approximate surface area is 207 Å². The van der Waals surface area contributed by atoms with Gasteiger partial charge in [-0.25, -0.2) is 9.67 Å². The summed E-state index contributed by atoms with van der Waals surface area (Å²) < 4.78 is 1.66. The zero-order valence-corrected chi connectivity index (χ0v) is 20.0. The lowest BCUT2D eigenvalue weighted by atomic mass is 10.2. The first-order valence-electron chi connectivity index (χ1n) is 11.6. The van der Waals surface area contributed by atoms with E-state index in [1.807, 2.05) is 66.0 Å². The lowest BCUT2D eigenvalue weighted by molar-refractivity contribution is -0.131. The third-order valence-corrected chi connectivity index (χ3v) is 6.79. The Kier molecular flexibility index (Phi) is 6.97. The summed E-state index contributed by atoms with van der Waals surface area (Å²) >= 11 is 1.53. The highest BCUT2D eigenvalue weighted by Crippen LogP contribution is 2.25. The Morgan fingerprint density at radius 2 is 1.60 bits per heavy atom. The topological polar surface area (TPSA) is 83.4 Å². The quantitative estimate of drug-likeness (QED) is 0.434. The highest BCUT2D eigenvalue weighted by Gasteiger charge is 2.23. The number of carbonyl (C=O) groups is 2. The Bertz CT molecular complexity index is 1270. The molecule has 3 heterocycles. The van der Waals surface area contributed by atoms with E-state index in [9.17, 15) is 9.59 Å². The van der Waals surface area contributed by atoms with Gasteiger partial charge in [0, 0.05) is 32.7 Å². The summed E-state index contributed by atoms with van der Waals surface area (Å²) in [6.07, 6.45) is 0. The van der Waals surface area contributed by atoms with Crippen molar-refractivity contribution in [1.29, 1.82) is 0 Å². The monoisotopic (exact) mass is 486 g/mol. The molecule has 1 aliphatic rings. The van der Waals surface area contributed by atoms with Gasteiger partial charge in [0.05, 0.1) is 17.1 Å². The molecule has 0 bridgehead atoms. The van der Waals surface area contributed by atoms with Crippen molar-refractivity contribution in [3.05, 3.63) is 89.6 Å². The zero-order valence-electron chi connectivity index (χ0n) is 19.2. The highest BCUT2D eigenvalue weighted by atomic mass is 32.1. The molecule has 0 atom stereocenters. The summed E-state index contributed by atoms with van der Waals surface area (Å²) in [6.45, 7) is 3.70. The average Bonchev–Trinajstić information content (AvgIpc) is 3.59. The molecule has 1 N–H and O–H groups in total.